The molecule has 152 valence electrons. The summed E-state index contributed by atoms with van der Waals surface area (Å²) in [6, 6.07) is 16.7. The van der Waals surface area contributed by atoms with Crippen LogP contribution in [-0.4, -0.2) is 39.9 Å². The lowest BCUT2D eigenvalue weighted by molar-refractivity contribution is 0.0942. The Kier molecular flexibility index (Phi) is 6.68. The maximum Gasteiger partial charge on any atom is 0.261 e. The van der Waals surface area contributed by atoms with Crippen LogP contribution in [0.5, 0.6) is 0 Å². The maximum atomic E-state index is 12.5. The molecule has 1 atom stereocenters. The number of hydrogen-bond acceptors (Lipinski definition) is 5. The number of thiophene rings is 1. The highest BCUT2D eigenvalue weighted by molar-refractivity contribution is 7.92. The molecule has 0 radical (unpaired) electrons. The predicted octanol–water partition coefficient (Wildman–Crippen LogP) is 3.58. The van der Waals surface area contributed by atoms with E-state index in [4.69, 9.17) is 0 Å². The van der Waals surface area contributed by atoms with Crippen molar-refractivity contribution in [2.75, 3.05) is 25.4 Å². The summed E-state index contributed by atoms with van der Waals surface area (Å²) in [7, 11) is 0.223. The molecule has 1 unspecified atom stereocenters. The number of likely N-dealkylation sites (N-methyl/N-ethyl adjacent to an activating group) is 1. The van der Waals surface area contributed by atoms with Gasteiger partial charge in [-0.2, -0.15) is 11.3 Å². The topological polar surface area (TPSA) is 78.5 Å². The monoisotopic (exact) mass is 429 g/mol. The smallest absolute Gasteiger partial charge is 0.261 e. The van der Waals surface area contributed by atoms with Crippen LogP contribution in [0.1, 0.15) is 22.0 Å². The van der Waals surface area contributed by atoms with Crippen molar-refractivity contribution < 1.29 is 13.2 Å². The molecule has 3 aromatic rings. The van der Waals surface area contributed by atoms with Gasteiger partial charge in [0.25, 0.3) is 15.9 Å². The van der Waals surface area contributed by atoms with Crippen LogP contribution in [0.15, 0.2) is 76.3 Å². The zero-order valence-electron chi connectivity index (χ0n) is 16.2. The third-order valence-electron chi connectivity index (χ3n) is 4.46. The van der Waals surface area contributed by atoms with Gasteiger partial charge in [0.1, 0.15) is 0 Å². The molecule has 0 fully saturated rings. The highest BCUT2D eigenvalue weighted by atomic mass is 32.2. The van der Waals surface area contributed by atoms with Gasteiger partial charge in [0, 0.05) is 17.8 Å². The molecule has 0 bridgehead atoms. The summed E-state index contributed by atoms with van der Waals surface area (Å²) >= 11 is 1.62. The number of sulfonamides is 1. The average molecular weight is 430 g/mol. The van der Waals surface area contributed by atoms with Crippen LogP contribution in [-0.2, 0) is 10.0 Å². The number of para-hydroxylation sites is 1. The van der Waals surface area contributed by atoms with Crippen LogP contribution in [0.25, 0.3) is 0 Å². The minimum absolute atomic E-state index is 0.0694. The highest BCUT2D eigenvalue weighted by Gasteiger charge is 2.18. The zero-order valence-corrected chi connectivity index (χ0v) is 17.8. The van der Waals surface area contributed by atoms with Crippen LogP contribution in [0.4, 0.5) is 5.69 Å². The molecule has 1 heterocycles. The minimum Gasteiger partial charge on any atom is -0.350 e. The molecule has 0 saturated carbocycles. The summed E-state index contributed by atoms with van der Waals surface area (Å²) in [5, 5.41) is 7.00. The van der Waals surface area contributed by atoms with Crippen LogP contribution < -0.4 is 10.0 Å². The van der Waals surface area contributed by atoms with Gasteiger partial charge in [0.05, 0.1) is 10.9 Å². The van der Waals surface area contributed by atoms with Crippen LogP contribution in [0.3, 0.4) is 0 Å². The van der Waals surface area contributed by atoms with Crippen molar-refractivity contribution >= 4 is 33.0 Å². The molecule has 0 aliphatic rings. The molecule has 8 heteroatoms. The molecule has 1 amide bonds. The second-order valence-corrected chi connectivity index (χ2v) is 9.20. The fourth-order valence-electron chi connectivity index (χ4n) is 2.86. The van der Waals surface area contributed by atoms with Crippen molar-refractivity contribution in [3.05, 3.63) is 82.6 Å². The van der Waals surface area contributed by atoms with Gasteiger partial charge in [0.2, 0.25) is 0 Å². The summed E-state index contributed by atoms with van der Waals surface area (Å²) in [6.07, 6.45) is 0. The Morgan fingerprint density at radius 1 is 1.03 bits per heavy atom. The molecule has 0 spiro atoms. The molecule has 2 N–H and O–H groups in total. The van der Waals surface area contributed by atoms with E-state index in [1.165, 1.54) is 24.3 Å². The molecule has 1 aromatic heterocycles. The van der Waals surface area contributed by atoms with E-state index in [-0.39, 0.29) is 16.8 Å². The molecule has 2 aromatic carbocycles. The number of anilines is 1. The van der Waals surface area contributed by atoms with E-state index in [1.54, 1.807) is 35.6 Å². The molecule has 6 nitrogen and oxygen atoms in total. The zero-order chi connectivity index (χ0) is 20.9. The van der Waals surface area contributed by atoms with Crippen LogP contribution >= 0.6 is 11.3 Å². The summed E-state index contributed by atoms with van der Waals surface area (Å²) in [6.45, 7) is 0.457. The van der Waals surface area contributed by atoms with Gasteiger partial charge in [-0.05, 0) is 72.9 Å². The van der Waals surface area contributed by atoms with E-state index < -0.39 is 10.0 Å². The fraction of sp³-hybridized carbons (Fsp3) is 0.190. The molecule has 0 aliphatic carbocycles. The van der Waals surface area contributed by atoms with Crippen molar-refractivity contribution in [2.45, 2.75) is 10.9 Å². The summed E-state index contributed by atoms with van der Waals surface area (Å²) < 4.78 is 27.5. The number of rotatable bonds is 8. The van der Waals surface area contributed by atoms with Gasteiger partial charge in [-0.15, -0.1) is 0 Å². The van der Waals surface area contributed by atoms with Crippen molar-refractivity contribution in [2.24, 2.45) is 0 Å². The van der Waals surface area contributed by atoms with Crippen molar-refractivity contribution in [1.29, 1.82) is 0 Å². The van der Waals surface area contributed by atoms with Gasteiger partial charge >= 0.3 is 0 Å². The molecular formula is C21H23N3O3S2. The van der Waals surface area contributed by atoms with E-state index in [9.17, 15) is 13.2 Å². The second kappa shape index (κ2) is 9.21. The fourth-order valence-corrected chi connectivity index (χ4v) is 4.63. The van der Waals surface area contributed by atoms with Crippen LogP contribution in [0.2, 0.25) is 0 Å². The Morgan fingerprint density at radius 2 is 1.72 bits per heavy atom. The SMILES string of the molecule is CN(C)C(CNC(=O)c1ccc(S(=O)(=O)Nc2ccccc2)cc1)c1ccsc1. The Bertz CT molecular complexity index is 1030. The van der Waals surface area contributed by atoms with E-state index in [2.05, 4.69) is 15.4 Å². The van der Waals surface area contributed by atoms with E-state index in [1.807, 2.05) is 36.5 Å². The van der Waals surface area contributed by atoms with E-state index in [0.717, 1.165) is 5.56 Å². The number of nitrogens with zero attached hydrogens (tertiary/aromatic N) is 1. The third-order valence-corrected chi connectivity index (χ3v) is 6.56. The van der Waals surface area contributed by atoms with Gasteiger partial charge in [-0.3, -0.25) is 9.52 Å². The Hall–Kier alpha value is -2.68. The van der Waals surface area contributed by atoms with Crippen molar-refractivity contribution in [1.82, 2.24) is 10.2 Å². The van der Waals surface area contributed by atoms with Crippen molar-refractivity contribution in [3.63, 3.8) is 0 Å². The third kappa shape index (κ3) is 5.44. The lowest BCUT2D eigenvalue weighted by atomic mass is 10.1. The number of benzene rings is 2. The first-order chi connectivity index (χ1) is 13.9. The number of carbonyl (C=O) groups excluding carboxylic acids is 1. The summed E-state index contributed by atoms with van der Waals surface area (Å²) in [5.74, 6) is -0.243. The largest absolute Gasteiger partial charge is 0.350 e. The molecule has 0 saturated heterocycles. The molecule has 29 heavy (non-hydrogen) atoms. The Morgan fingerprint density at radius 3 is 2.31 bits per heavy atom. The first kappa shape index (κ1) is 21.0. The van der Waals surface area contributed by atoms with Gasteiger partial charge < -0.3 is 10.2 Å². The number of hydrogen-bond donors (Lipinski definition) is 2. The lowest BCUT2D eigenvalue weighted by Gasteiger charge is -2.24. The first-order valence-electron chi connectivity index (χ1n) is 9.01. The molecule has 3 rings (SSSR count). The Balaban J connectivity index is 1.65. The Labute approximate surface area is 175 Å². The van der Waals surface area contributed by atoms with Gasteiger partial charge in [0.15, 0.2) is 0 Å². The van der Waals surface area contributed by atoms with E-state index in [0.29, 0.717) is 17.8 Å². The quantitative estimate of drug-likeness (QED) is 0.574. The number of nitrogens with one attached hydrogen (secondary N) is 2. The van der Waals surface area contributed by atoms with Gasteiger partial charge in [-0.25, -0.2) is 8.42 Å². The van der Waals surface area contributed by atoms with E-state index >= 15 is 0 Å². The first-order valence-corrected chi connectivity index (χ1v) is 11.4. The molecular weight excluding hydrogens is 406 g/mol. The minimum atomic E-state index is -3.71. The lowest BCUT2D eigenvalue weighted by Crippen LogP contribution is -2.34. The summed E-state index contributed by atoms with van der Waals surface area (Å²) in [5.41, 5.74) is 2.04. The number of carbonyl (C=O) groups is 1. The standard InChI is InChI=1S/C21H23N3O3S2/c1-24(2)20(17-12-13-28-15-17)14-22-21(25)16-8-10-19(11-9-16)29(26,27)23-18-6-4-3-5-7-18/h3-13,15,20,23H,14H2,1-2H3,(H,22,25). The molecule has 0 aliphatic heterocycles. The maximum absolute atomic E-state index is 12.5. The summed E-state index contributed by atoms with van der Waals surface area (Å²) in [4.78, 5) is 14.6. The number of amides is 1. The van der Waals surface area contributed by atoms with Crippen LogP contribution in [0, 0.1) is 0 Å². The van der Waals surface area contributed by atoms with Gasteiger partial charge in [-0.1, -0.05) is 18.2 Å². The van der Waals surface area contributed by atoms with Crippen molar-refractivity contribution in [3.8, 4) is 0 Å². The average Bonchev–Trinajstić information content (AvgIpc) is 3.22. The highest BCUT2D eigenvalue weighted by Crippen LogP contribution is 2.20. The predicted molar refractivity (Wildman–Crippen MR) is 117 cm³/mol. The normalized spacial score (nSPS) is 12.5. The second-order valence-electron chi connectivity index (χ2n) is 6.74.